The van der Waals surface area contributed by atoms with Crippen LogP contribution in [0.15, 0.2) is 24.3 Å². The first-order chi connectivity index (χ1) is 7.02. The molecule has 1 amide bonds. The van der Waals surface area contributed by atoms with E-state index in [0.717, 1.165) is 10.5 Å². The fourth-order valence-electron chi connectivity index (χ4n) is 1.99. The van der Waals surface area contributed by atoms with E-state index in [4.69, 9.17) is 5.11 Å². The molecule has 2 rings (SSSR count). The largest absolute Gasteiger partial charge is 0.465 e. The standard InChI is InChI=1S/C11H13NO3/c1-11(15)7-6-8-4-2-3-5-9(8)12(11)10(13)14/h2-5,15H,6-7H2,1H3,(H,13,14). The number of fused-ring (bicyclic) bond motifs is 1. The molecule has 0 spiro atoms. The lowest BCUT2D eigenvalue weighted by molar-refractivity contribution is 0.0429. The topological polar surface area (TPSA) is 60.8 Å². The van der Waals surface area contributed by atoms with Crippen molar-refractivity contribution < 1.29 is 15.0 Å². The van der Waals surface area contributed by atoms with E-state index in [1.807, 2.05) is 12.1 Å². The summed E-state index contributed by atoms with van der Waals surface area (Å²) in [7, 11) is 0. The van der Waals surface area contributed by atoms with Crippen molar-refractivity contribution in [2.45, 2.75) is 25.5 Å². The van der Waals surface area contributed by atoms with Crippen molar-refractivity contribution in [1.29, 1.82) is 0 Å². The fourth-order valence-corrected chi connectivity index (χ4v) is 1.99. The Labute approximate surface area is 87.8 Å². The first kappa shape index (κ1) is 9.98. The number of para-hydroxylation sites is 1. The van der Waals surface area contributed by atoms with Gasteiger partial charge in [-0.1, -0.05) is 18.2 Å². The van der Waals surface area contributed by atoms with Crippen LogP contribution in [0.1, 0.15) is 18.9 Å². The van der Waals surface area contributed by atoms with E-state index < -0.39 is 11.8 Å². The summed E-state index contributed by atoms with van der Waals surface area (Å²) in [5.41, 5.74) is 0.243. The van der Waals surface area contributed by atoms with E-state index in [-0.39, 0.29) is 0 Å². The number of hydrogen-bond acceptors (Lipinski definition) is 2. The summed E-state index contributed by atoms with van der Waals surface area (Å²) in [5, 5.41) is 19.1. The highest BCUT2D eigenvalue weighted by atomic mass is 16.4. The Hall–Kier alpha value is -1.55. The zero-order valence-corrected chi connectivity index (χ0v) is 8.47. The second-order valence-corrected chi connectivity index (χ2v) is 3.96. The molecule has 0 aliphatic carbocycles. The number of amides is 1. The molecule has 2 N–H and O–H groups in total. The summed E-state index contributed by atoms with van der Waals surface area (Å²) >= 11 is 0. The maximum atomic E-state index is 11.1. The molecule has 0 fully saturated rings. The van der Waals surface area contributed by atoms with Crippen molar-refractivity contribution in [2.24, 2.45) is 0 Å². The molecule has 15 heavy (non-hydrogen) atoms. The molecule has 1 atom stereocenters. The summed E-state index contributed by atoms with van der Waals surface area (Å²) in [5.74, 6) is 0. The molecule has 0 aromatic heterocycles. The van der Waals surface area contributed by atoms with Crippen molar-refractivity contribution in [3.63, 3.8) is 0 Å². The predicted octanol–water partition coefficient (Wildman–Crippen LogP) is 1.83. The van der Waals surface area contributed by atoms with Crippen molar-refractivity contribution in [2.75, 3.05) is 4.90 Å². The molecule has 1 aromatic carbocycles. The first-order valence-electron chi connectivity index (χ1n) is 4.86. The molecule has 4 nitrogen and oxygen atoms in total. The van der Waals surface area contributed by atoms with Crippen LogP contribution < -0.4 is 4.90 Å². The zero-order chi connectivity index (χ0) is 11.1. The number of aliphatic hydroxyl groups is 1. The second kappa shape index (κ2) is 3.24. The lowest BCUT2D eigenvalue weighted by Crippen LogP contribution is -2.52. The number of aryl methyl sites for hydroxylation is 1. The number of anilines is 1. The molecule has 0 radical (unpaired) electrons. The molecule has 80 valence electrons. The highest BCUT2D eigenvalue weighted by Gasteiger charge is 2.38. The summed E-state index contributed by atoms with van der Waals surface area (Å²) in [4.78, 5) is 12.1. The van der Waals surface area contributed by atoms with Crippen LogP contribution in [0.4, 0.5) is 10.5 Å². The van der Waals surface area contributed by atoms with E-state index in [1.54, 1.807) is 12.1 Å². The third kappa shape index (κ3) is 1.57. The molecule has 1 aliphatic rings. The SMILES string of the molecule is CC1(O)CCc2ccccc2N1C(=O)O. The van der Waals surface area contributed by atoms with Gasteiger partial charge in [0.2, 0.25) is 0 Å². The molecule has 0 bridgehead atoms. The van der Waals surface area contributed by atoms with Crippen molar-refractivity contribution in [1.82, 2.24) is 0 Å². The Morgan fingerprint density at radius 1 is 1.47 bits per heavy atom. The molecule has 4 heteroatoms. The molecular weight excluding hydrogens is 194 g/mol. The van der Waals surface area contributed by atoms with Gasteiger partial charge in [0.25, 0.3) is 0 Å². The minimum Gasteiger partial charge on any atom is -0.465 e. The third-order valence-electron chi connectivity index (χ3n) is 2.77. The third-order valence-corrected chi connectivity index (χ3v) is 2.77. The van der Waals surface area contributed by atoms with Crippen molar-refractivity contribution in [3.05, 3.63) is 29.8 Å². The fraction of sp³-hybridized carbons (Fsp3) is 0.364. The van der Waals surface area contributed by atoms with E-state index in [9.17, 15) is 9.90 Å². The van der Waals surface area contributed by atoms with Crippen LogP contribution in [0.3, 0.4) is 0 Å². The van der Waals surface area contributed by atoms with Gasteiger partial charge in [-0.05, 0) is 31.4 Å². The van der Waals surface area contributed by atoms with E-state index >= 15 is 0 Å². The maximum Gasteiger partial charge on any atom is 0.414 e. The van der Waals surface area contributed by atoms with Crippen LogP contribution >= 0.6 is 0 Å². The first-order valence-corrected chi connectivity index (χ1v) is 4.86. The Bertz CT molecular complexity index is 401. The van der Waals surface area contributed by atoms with Gasteiger partial charge in [0.1, 0.15) is 5.72 Å². The molecule has 1 aliphatic heterocycles. The van der Waals surface area contributed by atoms with Gasteiger partial charge in [0.15, 0.2) is 0 Å². The highest BCUT2D eigenvalue weighted by molar-refractivity contribution is 5.89. The number of nitrogens with zero attached hydrogens (tertiary/aromatic N) is 1. The van der Waals surface area contributed by atoms with Gasteiger partial charge >= 0.3 is 6.09 Å². The van der Waals surface area contributed by atoms with E-state index in [0.29, 0.717) is 18.5 Å². The Kier molecular flexibility index (Phi) is 2.16. The van der Waals surface area contributed by atoms with Gasteiger partial charge in [-0.25, -0.2) is 9.69 Å². The number of carboxylic acid groups (broad SMARTS) is 1. The van der Waals surface area contributed by atoms with Gasteiger partial charge in [-0.2, -0.15) is 0 Å². The normalized spacial score (nSPS) is 24.8. The smallest absolute Gasteiger partial charge is 0.414 e. The van der Waals surface area contributed by atoms with Crippen molar-refractivity contribution in [3.8, 4) is 0 Å². The molecular formula is C11H13NO3. The van der Waals surface area contributed by atoms with E-state index in [1.165, 1.54) is 6.92 Å². The number of carbonyl (C=O) groups is 1. The number of rotatable bonds is 0. The van der Waals surface area contributed by atoms with Gasteiger partial charge < -0.3 is 10.2 Å². The lowest BCUT2D eigenvalue weighted by Gasteiger charge is -2.39. The van der Waals surface area contributed by atoms with Crippen LogP contribution in [-0.4, -0.2) is 22.0 Å². The van der Waals surface area contributed by atoms with Gasteiger partial charge in [0.05, 0.1) is 5.69 Å². The van der Waals surface area contributed by atoms with Gasteiger partial charge in [0, 0.05) is 0 Å². The number of hydrogen-bond donors (Lipinski definition) is 2. The van der Waals surface area contributed by atoms with Crippen LogP contribution in [-0.2, 0) is 6.42 Å². The minimum absolute atomic E-state index is 0.427. The Morgan fingerprint density at radius 3 is 2.80 bits per heavy atom. The monoisotopic (exact) mass is 207 g/mol. The Balaban J connectivity index is 2.53. The summed E-state index contributed by atoms with van der Waals surface area (Å²) < 4.78 is 0. The Morgan fingerprint density at radius 2 is 2.13 bits per heavy atom. The van der Waals surface area contributed by atoms with Crippen LogP contribution in [0.5, 0.6) is 0 Å². The van der Waals surface area contributed by atoms with E-state index in [2.05, 4.69) is 0 Å². The summed E-state index contributed by atoms with van der Waals surface area (Å²) in [6.07, 6.45) is 0.00986. The quantitative estimate of drug-likeness (QED) is 0.682. The average Bonchev–Trinajstić information content (AvgIpc) is 2.15. The summed E-state index contributed by atoms with van der Waals surface area (Å²) in [6.45, 7) is 1.52. The highest BCUT2D eigenvalue weighted by Crippen LogP contribution is 2.35. The van der Waals surface area contributed by atoms with Crippen molar-refractivity contribution >= 4 is 11.8 Å². The van der Waals surface area contributed by atoms with Crippen LogP contribution in [0, 0.1) is 0 Å². The molecule has 1 heterocycles. The lowest BCUT2D eigenvalue weighted by atomic mass is 9.94. The molecule has 0 saturated heterocycles. The maximum absolute atomic E-state index is 11.1. The zero-order valence-electron chi connectivity index (χ0n) is 8.47. The number of benzene rings is 1. The second-order valence-electron chi connectivity index (χ2n) is 3.96. The average molecular weight is 207 g/mol. The predicted molar refractivity (Wildman–Crippen MR) is 55.9 cm³/mol. The van der Waals surface area contributed by atoms with Gasteiger partial charge in [-0.3, -0.25) is 0 Å². The molecule has 0 saturated carbocycles. The van der Waals surface area contributed by atoms with Crippen LogP contribution in [0.2, 0.25) is 0 Å². The molecule has 1 unspecified atom stereocenters. The molecule has 1 aromatic rings. The summed E-state index contributed by atoms with van der Waals surface area (Å²) in [6, 6.07) is 7.26. The minimum atomic E-state index is -1.31. The van der Waals surface area contributed by atoms with Gasteiger partial charge in [-0.15, -0.1) is 0 Å². The van der Waals surface area contributed by atoms with Crippen LogP contribution in [0.25, 0.3) is 0 Å².